The van der Waals surface area contributed by atoms with Crippen LogP contribution in [0.25, 0.3) is 0 Å². The number of hydrogen-bond donors (Lipinski definition) is 2. The van der Waals surface area contributed by atoms with Gasteiger partial charge in [-0.1, -0.05) is 0 Å². The number of hydroxylamine groups is 1. The minimum atomic E-state index is -0.601. The first-order valence-corrected chi connectivity index (χ1v) is 4.11. The molecule has 0 saturated carbocycles. The van der Waals surface area contributed by atoms with Crippen molar-refractivity contribution in [2.75, 3.05) is 0 Å². The van der Waals surface area contributed by atoms with Gasteiger partial charge in [0.2, 0.25) is 6.41 Å². The molecule has 1 aliphatic heterocycles. The molecule has 0 aromatic heterocycles. The van der Waals surface area contributed by atoms with E-state index < -0.39 is 11.2 Å². The van der Waals surface area contributed by atoms with E-state index >= 15 is 0 Å². The third kappa shape index (κ3) is 1.29. The first-order valence-electron chi connectivity index (χ1n) is 4.11. The maximum atomic E-state index is 10.8. The average Bonchev–Trinajstić information content (AvgIpc) is 2.16. The third-order valence-corrected chi connectivity index (χ3v) is 2.37. The molecule has 2 N–H and O–H groups in total. The Bertz CT molecular complexity index is 258. The summed E-state index contributed by atoms with van der Waals surface area (Å²) < 4.78 is 0. The summed E-state index contributed by atoms with van der Waals surface area (Å²) in [6, 6.07) is 0. The summed E-state index contributed by atoms with van der Waals surface area (Å²) in [4.78, 5) is 16.6. The zero-order valence-corrected chi connectivity index (χ0v) is 8.33. The molecule has 5 heteroatoms. The number of nitrogens with one attached hydrogen (secondary N) is 1. The fraction of sp³-hybridized carbons (Fsp3) is 0.750. The number of aliphatic imine (C=N–C) groups is 1. The fourth-order valence-electron chi connectivity index (χ4n) is 1.68. The SMILES string of the molecule is CC1(C)N=C(NO)C(C)(C)N1C=O. The fourth-order valence-corrected chi connectivity index (χ4v) is 1.68. The van der Waals surface area contributed by atoms with Crippen LogP contribution in [0.1, 0.15) is 27.7 Å². The molecule has 1 aliphatic rings. The Labute approximate surface area is 77.4 Å². The second-order valence-corrected chi connectivity index (χ2v) is 4.10. The largest absolute Gasteiger partial charge is 0.308 e. The van der Waals surface area contributed by atoms with E-state index in [1.165, 1.54) is 0 Å². The molecular weight excluding hydrogens is 170 g/mol. The minimum Gasteiger partial charge on any atom is -0.308 e. The molecule has 0 radical (unpaired) electrons. The van der Waals surface area contributed by atoms with Crippen LogP contribution in [-0.2, 0) is 4.79 Å². The van der Waals surface area contributed by atoms with Gasteiger partial charge in [-0.05, 0) is 27.7 Å². The van der Waals surface area contributed by atoms with Gasteiger partial charge in [0, 0.05) is 0 Å². The van der Waals surface area contributed by atoms with Crippen LogP contribution in [-0.4, -0.2) is 33.6 Å². The molecule has 0 bridgehead atoms. The van der Waals surface area contributed by atoms with E-state index in [4.69, 9.17) is 5.21 Å². The van der Waals surface area contributed by atoms with Crippen molar-refractivity contribution in [3.05, 3.63) is 0 Å². The molecule has 0 unspecified atom stereocenters. The Hall–Kier alpha value is -1.10. The zero-order chi connectivity index (χ0) is 10.3. The maximum Gasteiger partial charge on any atom is 0.212 e. The lowest BCUT2D eigenvalue weighted by Gasteiger charge is -2.35. The van der Waals surface area contributed by atoms with Gasteiger partial charge in [0.1, 0.15) is 11.5 Å². The molecule has 1 amide bonds. The summed E-state index contributed by atoms with van der Waals surface area (Å²) in [5, 5.41) is 8.82. The van der Waals surface area contributed by atoms with Crippen LogP contribution in [0, 0.1) is 0 Å². The second-order valence-electron chi connectivity index (χ2n) is 4.10. The lowest BCUT2D eigenvalue weighted by Crippen LogP contribution is -2.53. The number of amidine groups is 1. The van der Waals surface area contributed by atoms with Crippen LogP contribution in [0.3, 0.4) is 0 Å². The summed E-state index contributed by atoms with van der Waals surface area (Å²) in [7, 11) is 0. The molecule has 0 aliphatic carbocycles. The minimum absolute atomic E-state index is 0.407. The van der Waals surface area contributed by atoms with Gasteiger partial charge in [-0.25, -0.2) is 4.99 Å². The highest BCUT2D eigenvalue weighted by molar-refractivity contribution is 5.94. The van der Waals surface area contributed by atoms with Crippen molar-refractivity contribution < 1.29 is 10.0 Å². The Morgan fingerprint density at radius 3 is 2.23 bits per heavy atom. The molecule has 5 nitrogen and oxygen atoms in total. The molecule has 74 valence electrons. The van der Waals surface area contributed by atoms with Crippen LogP contribution in [0.5, 0.6) is 0 Å². The monoisotopic (exact) mass is 185 g/mol. The molecule has 0 atom stereocenters. The first-order chi connectivity index (χ1) is 5.86. The standard InChI is InChI=1S/C8H15N3O2/c1-7(2)6(10-13)9-8(3,4)11(7)5-12/h5,13H,1-4H3,(H,9,10). The van der Waals surface area contributed by atoms with Crippen molar-refractivity contribution in [1.29, 1.82) is 0 Å². The molecule has 1 rings (SSSR count). The van der Waals surface area contributed by atoms with Gasteiger partial charge in [-0.15, -0.1) is 0 Å². The summed E-state index contributed by atoms with van der Waals surface area (Å²) >= 11 is 0. The van der Waals surface area contributed by atoms with Gasteiger partial charge in [-0.2, -0.15) is 0 Å². The lowest BCUT2D eigenvalue weighted by molar-refractivity contribution is -0.125. The highest BCUT2D eigenvalue weighted by Crippen LogP contribution is 2.32. The number of amides is 1. The molecule has 0 fully saturated rings. The van der Waals surface area contributed by atoms with Crippen LogP contribution in [0.4, 0.5) is 0 Å². The summed E-state index contributed by atoms with van der Waals surface area (Å²) in [5.41, 5.74) is 0.839. The van der Waals surface area contributed by atoms with Gasteiger partial charge >= 0.3 is 0 Å². The van der Waals surface area contributed by atoms with Crippen molar-refractivity contribution in [3.63, 3.8) is 0 Å². The summed E-state index contributed by atoms with van der Waals surface area (Å²) in [5.74, 6) is 0.407. The predicted molar refractivity (Wildman–Crippen MR) is 48.4 cm³/mol. The van der Waals surface area contributed by atoms with Crippen LogP contribution in [0.2, 0.25) is 0 Å². The van der Waals surface area contributed by atoms with Crippen LogP contribution in [0.15, 0.2) is 4.99 Å². The number of carbonyl (C=O) groups is 1. The Kier molecular flexibility index (Phi) is 2.07. The van der Waals surface area contributed by atoms with Gasteiger partial charge in [-0.3, -0.25) is 15.5 Å². The van der Waals surface area contributed by atoms with E-state index in [1.54, 1.807) is 4.90 Å². The molecule has 0 aromatic carbocycles. The number of rotatable bonds is 1. The molecular formula is C8H15N3O2. The van der Waals surface area contributed by atoms with Gasteiger partial charge in [0.15, 0.2) is 0 Å². The topological polar surface area (TPSA) is 64.9 Å². The Morgan fingerprint density at radius 2 is 2.00 bits per heavy atom. The van der Waals surface area contributed by atoms with Crippen molar-refractivity contribution in [2.24, 2.45) is 4.99 Å². The molecule has 0 saturated heterocycles. The normalized spacial score (nSPS) is 24.1. The quantitative estimate of drug-likeness (QED) is 0.457. The Morgan fingerprint density at radius 1 is 1.46 bits per heavy atom. The zero-order valence-electron chi connectivity index (χ0n) is 8.33. The maximum absolute atomic E-state index is 10.8. The highest BCUT2D eigenvalue weighted by atomic mass is 16.5. The summed E-state index contributed by atoms with van der Waals surface area (Å²) in [6.45, 7) is 7.26. The highest BCUT2D eigenvalue weighted by Gasteiger charge is 2.46. The molecule has 0 aromatic rings. The van der Waals surface area contributed by atoms with E-state index in [0.29, 0.717) is 5.84 Å². The van der Waals surface area contributed by atoms with E-state index in [1.807, 2.05) is 33.2 Å². The van der Waals surface area contributed by atoms with E-state index in [9.17, 15) is 4.79 Å². The molecule has 1 heterocycles. The first kappa shape index (κ1) is 9.98. The summed E-state index contributed by atoms with van der Waals surface area (Å²) in [6.07, 6.45) is 0.744. The van der Waals surface area contributed by atoms with Gasteiger partial charge in [0.25, 0.3) is 0 Å². The number of nitrogens with zero attached hydrogens (tertiary/aromatic N) is 2. The lowest BCUT2D eigenvalue weighted by atomic mass is 10.0. The number of hydrogen-bond acceptors (Lipinski definition) is 4. The van der Waals surface area contributed by atoms with Crippen molar-refractivity contribution in [2.45, 2.75) is 38.9 Å². The number of carbonyl (C=O) groups excluding carboxylic acids is 1. The second kappa shape index (κ2) is 2.70. The molecule has 0 spiro atoms. The third-order valence-electron chi connectivity index (χ3n) is 2.37. The average molecular weight is 185 g/mol. The predicted octanol–water partition coefficient (Wildman–Crippen LogP) is 0.350. The van der Waals surface area contributed by atoms with Crippen LogP contribution < -0.4 is 5.48 Å². The van der Waals surface area contributed by atoms with E-state index in [2.05, 4.69) is 4.99 Å². The van der Waals surface area contributed by atoms with Gasteiger partial charge < -0.3 is 4.90 Å². The van der Waals surface area contributed by atoms with Crippen LogP contribution >= 0.6 is 0 Å². The Balaban J connectivity index is 3.11. The van der Waals surface area contributed by atoms with Gasteiger partial charge in [0.05, 0.1) is 5.54 Å². The van der Waals surface area contributed by atoms with E-state index in [-0.39, 0.29) is 0 Å². The van der Waals surface area contributed by atoms with Crippen molar-refractivity contribution in [3.8, 4) is 0 Å². The van der Waals surface area contributed by atoms with Crippen molar-refractivity contribution in [1.82, 2.24) is 10.4 Å². The molecule has 13 heavy (non-hydrogen) atoms. The smallest absolute Gasteiger partial charge is 0.212 e. The van der Waals surface area contributed by atoms with Crippen molar-refractivity contribution >= 4 is 12.2 Å². The van der Waals surface area contributed by atoms with E-state index in [0.717, 1.165) is 6.41 Å².